The first-order valence-corrected chi connectivity index (χ1v) is 8.01. The number of halogens is 1. The summed E-state index contributed by atoms with van der Waals surface area (Å²) in [5.41, 5.74) is 2.68. The van der Waals surface area contributed by atoms with E-state index in [2.05, 4.69) is 25.5 Å². The Hall–Kier alpha value is -2.80. The first-order chi connectivity index (χ1) is 12.0. The van der Waals surface area contributed by atoms with E-state index in [1.807, 2.05) is 45.7 Å². The SMILES string of the molecule is CN(C)C(CNc1ccc(-c2ccc(F)cc2)nn1)c1cnn(C)c1. The van der Waals surface area contributed by atoms with Gasteiger partial charge < -0.3 is 10.2 Å². The van der Waals surface area contributed by atoms with Crippen molar-refractivity contribution in [2.24, 2.45) is 7.05 Å². The van der Waals surface area contributed by atoms with E-state index in [9.17, 15) is 4.39 Å². The van der Waals surface area contributed by atoms with Crippen LogP contribution in [0.5, 0.6) is 0 Å². The maximum atomic E-state index is 13.0. The van der Waals surface area contributed by atoms with Gasteiger partial charge in [0.05, 0.1) is 17.9 Å². The summed E-state index contributed by atoms with van der Waals surface area (Å²) in [5.74, 6) is 0.432. The Morgan fingerprint density at radius 1 is 1.12 bits per heavy atom. The van der Waals surface area contributed by atoms with Crippen LogP contribution >= 0.6 is 0 Å². The molecular formula is C18H21FN6. The van der Waals surface area contributed by atoms with Crippen molar-refractivity contribution in [2.75, 3.05) is 26.0 Å². The molecule has 130 valence electrons. The lowest BCUT2D eigenvalue weighted by Gasteiger charge is -2.23. The third-order valence-electron chi connectivity index (χ3n) is 4.01. The largest absolute Gasteiger partial charge is 0.367 e. The van der Waals surface area contributed by atoms with Crippen LogP contribution in [0, 0.1) is 5.82 Å². The Bertz CT molecular complexity index is 810. The molecule has 1 aromatic carbocycles. The maximum Gasteiger partial charge on any atom is 0.148 e. The second-order valence-electron chi connectivity index (χ2n) is 6.12. The zero-order valence-electron chi connectivity index (χ0n) is 14.5. The average Bonchev–Trinajstić information content (AvgIpc) is 3.02. The zero-order valence-corrected chi connectivity index (χ0v) is 14.5. The predicted octanol–water partition coefficient (Wildman–Crippen LogP) is 2.73. The van der Waals surface area contributed by atoms with Crippen LogP contribution in [0.2, 0.25) is 0 Å². The molecule has 2 aromatic heterocycles. The topological polar surface area (TPSA) is 58.9 Å². The second-order valence-corrected chi connectivity index (χ2v) is 6.12. The molecule has 1 N–H and O–H groups in total. The molecule has 0 radical (unpaired) electrons. The first kappa shape index (κ1) is 17.0. The van der Waals surface area contributed by atoms with Crippen LogP contribution in [-0.2, 0) is 7.05 Å². The number of rotatable bonds is 6. The summed E-state index contributed by atoms with van der Waals surface area (Å²) >= 11 is 0. The number of aromatic nitrogens is 4. The third kappa shape index (κ3) is 4.19. The molecule has 1 unspecified atom stereocenters. The fraction of sp³-hybridized carbons (Fsp3) is 0.278. The van der Waals surface area contributed by atoms with Crippen LogP contribution in [-0.4, -0.2) is 45.5 Å². The summed E-state index contributed by atoms with van der Waals surface area (Å²) in [6.45, 7) is 0.684. The minimum atomic E-state index is -0.264. The van der Waals surface area contributed by atoms with Crippen molar-refractivity contribution >= 4 is 5.82 Å². The van der Waals surface area contributed by atoms with Crippen LogP contribution in [0.25, 0.3) is 11.3 Å². The smallest absolute Gasteiger partial charge is 0.148 e. The van der Waals surface area contributed by atoms with Gasteiger partial charge in [-0.05, 0) is 50.5 Å². The summed E-state index contributed by atoms with van der Waals surface area (Å²) < 4.78 is 14.8. The van der Waals surface area contributed by atoms with Gasteiger partial charge in [0, 0.05) is 30.9 Å². The highest BCUT2D eigenvalue weighted by atomic mass is 19.1. The minimum absolute atomic E-state index is 0.173. The molecule has 0 bridgehead atoms. The van der Waals surface area contributed by atoms with E-state index in [0.717, 1.165) is 11.1 Å². The van der Waals surface area contributed by atoms with E-state index in [4.69, 9.17) is 0 Å². The molecule has 3 rings (SSSR count). The Morgan fingerprint density at radius 3 is 2.44 bits per heavy atom. The van der Waals surface area contributed by atoms with Gasteiger partial charge in [-0.15, -0.1) is 10.2 Å². The molecule has 0 amide bonds. The first-order valence-electron chi connectivity index (χ1n) is 8.01. The molecule has 0 aliphatic heterocycles. The van der Waals surface area contributed by atoms with E-state index >= 15 is 0 Å². The highest BCUT2D eigenvalue weighted by Crippen LogP contribution is 2.20. The molecular weight excluding hydrogens is 319 g/mol. The summed E-state index contributed by atoms with van der Waals surface area (Å²) in [6, 6.07) is 10.1. The van der Waals surface area contributed by atoms with E-state index in [1.54, 1.807) is 16.8 Å². The Morgan fingerprint density at radius 2 is 1.88 bits per heavy atom. The van der Waals surface area contributed by atoms with E-state index in [0.29, 0.717) is 18.1 Å². The summed E-state index contributed by atoms with van der Waals surface area (Å²) in [4.78, 5) is 2.13. The minimum Gasteiger partial charge on any atom is -0.367 e. The van der Waals surface area contributed by atoms with E-state index < -0.39 is 0 Å². The lowest BCUT2D eigenvalue weighted by atomic mass is 10.1. The maximum absolute atomic E-state index is 13.0. The van der Waals surface area contributed by atoms with Crippen molar-refractivity contribution < 1.29 is 4.39 Å². The molecule has 0 aliphatic carbocycles. The molecule has 2 heterocycles. The molecule has 6 nitrogen and oxygen atoms in total. The fourth-order valence-corrected chi connectivity index (χ4v) is 2.61. The predicted molar refractivity (Wildman–Crippen MR) is 95.6 cm³/mol. The van der Waals surface area contributed by atoms with Crippen LogP contribution in [0.3, 0.4) is 0 Å². The third-order valence-corrected chi connectivity index (χ3v) is 4.01. The number of hydrogen-bond donors (Lipinski definition) is 1. The van der Waals surface area contributed by atoms with E-state index in [-0.39, 0.29) is 11.9 Å². The Labute approximate surface area is 146 Å². The quantitative estimate of drug-likeness (QED) is 0.748. The van der Waals surface area contributed by atoms with Gasteiger partial charge in [0.2, 0.25) is 0 Å². The van der Waals surface area contributed by atoms with Gasteiger partial charge in [0.25, 0.3) is 0 Å². The van der Waals surface area contributed by atoms with Gasteiger partial charge >= 0.3 is 0 Å². The summed E-state index contributed by atoms with van der Waals surface area (Å²) in [5, 5.41) is 16.0. The monoisotopic (exact) mass is 340 g/mol. The van der Waals surface area contributed by atoms with Gasteiger partial charge in [-0.1, -0.05) is 0 Å². The molecule has 1 atom stereocenters. The number of likely N-dealkylation sites (N-methyl/N-ethyl adjacent to an activating group) is 1. The van der Waals surface area contributed by atoms with Gasteiger partial charge in [-0.25, -0.2) is 4.39 Å². The number of benzene rings is 1. The standard InChI is InChI=1S/C18H21FN6/c1-24(2)17(14-10-21-25(3)12-14)11-20-18-9-8-16(22-23-18)13-4-6-15(19)7-5-13/h4-10,12,17H,11H2,1-3H3,(H,20,23). The highest BCUT2D eigenvalue weighted by Gasteiger charge is 2.16. The molecule has 7 heteroatoms. The van der Waals surface area contributed by atoms with Gasteiger partial charge in [-0.2, -0.15) is 5.10 Å². The highest BCUT2D eigenvalue weighted by molar-refractivity contribution is 5.59. The average molecular weight is 340 g/mol. The van der Waals surface area contributed by atoms with Crippen LogP contribution < -0.4 is 5.32 Å². The van der Waals surface area contributed by atoms with Crippen molar-refractivity contribution in [3.63, 3.8) is 0 Å². The number of anilines is 1. The normalized spacial score (nSPS) is 12.4. The van der Waals surface area contributed by atoms with Crippen molar-refractivity contribution in [3.8, 4) is 11.3 Å². The van der Waals surface area contributed by atoms with Crippen LogP contribution in [0.15, 0.2) is 48.8 Å². The zero-order chi connectivity index (χ0) is 17.8. The number of nitrogens with zero attached hydrogens (tertiary/aromatic N) is 5. The van der Waals surface area contributed by atoms with Gasteiger partial charge in [0.1, 0.15) is 11.6 Å². The molecule has 0 saturated heterocycles. The van der Waals surface area contributed by atoms with Gasteiger partial charge in [-0.3, -0.25) is 4.68 Å². The summed E-state index contributed by atoms with van der Waals surface area (Å²) in [7, 11) is 5.97. The Balaban J connectivity index is 1.67. The second kappa shape index (κ2) is 7.40. The lowest BCUT2D eigenvalue weighted by molar-refractivity contribution is 0.311. The molecule has 0 saturated carbocycles. The number of nitrogens with one attached hydrogen (secondary N) is 1. The number of aryl methyl sites for hydroxylation is 1. The van der Waals surface area contributed by atoms with Gasteiger partial charge in [0.15, 0.2) is 0 Å². The number of hydrogen-bond acceptors (Lipinski definition) is 5. The van der Waals surface area contributed by atoms with Crippen LogP contribution in [0.1, 0.15) is 11.6 Å². The molecule has 0 spiro atoms. The molecule has 3 aromatic rings. The van der Waals surface area contributed by atoms with Crippen molar-refractivity contribution in [3.05, 3.63) is 60.2 Å². The van der Waals surface area contributed by atoms with Crippen molar-refractivity contribution in [2.45, 2.75) is 6.04 Å². The lowest BCUT2D eigenvalue weighted by Crippen LogP contribution is -2.26. The van der Waals surface area contributed by atoms with Crippen molar-refractivity contribution in [1.29, 1.82) is 0 Å². The fourth-order valence-electron chi connectivity index (χ4n) is 2.61. The molecule has 0 fully saturated rings. The van der Waals surface area contributed by atoms with Crippen molar-refractivity contribution in [1.82, 2.24) is 24.9 Å². The molecule has 0 aliphatic rings. The van der Waals surface area contributed by atoms with E-state index in [1.165, 1.54) is 12.1 Å². The Kier molecular flexibility index (Phi) is 5.04. The summed E-state index contributed by atoms with van der Waals surface area (Å²) in [6.07, 6.45) is 3.88. The van der Waals surface area contributed by atoms with Crippen LogP contribution in [0.4, 0.5) is 10.2 Å². The molecule has 25 heavy (non-hydrogen) atoms.